The second kappa shape index (κ2) is 6.02. The van der Waals surface area contributed by atoms with Crippen LogP contribution in [0, 0.1) is 0 Å². The first-order chi connectivity index (χ1) is 9.83. The molecule has 0 aromatic carbocycles. The predicted octanol–water partition coefficient (Wildman–Crippen LogP) is 3.75. The van der Waals surface area contributed by atoms with Crippen LogP contribution in [0.3, 0.4) is 0 Å². The highest BCUT2D eigenvalue weighted by Gasteiger charge is 2.24. The van der Waals surface area contributed by atoms with Gasteiger partial charge in [-0.2, -0.15) is 0 Å². The topological polar surface area (TPSA) is 37.8 Å². The van der Waals surface area contributed by atoms with Crippen molar-refractivity contribution in [1.29, 1.82) is 0 Å². The molecule has 0 bridgehead atoms. The third-order valence-corrected chi connectivity index (χ3v) is 5.08. The molecule has 3 nitrogen and oxygen atoms in total. The van der Waals surface area contributed by atoms with Gasteiger partial charge >= 0.3 is 0 Å². The number of hydrogen-bond donors (Lipinski definition) is 1. The van der Waals surface area contributed by atoms with Gasteiger partial charge in [-0.05, 0) is 43.9 Å². The van der Waals surface area contributed by atoms with Gasteiger partial charge in [-0.25, -0.2) is 4.98 Å². The highest BCUT2D eigenvalue weighted by Crippen LogP contribution is 2.37. The van der Waals surface area contributed by atoms with Gasteiger partial charge in [0.15, 0.2) is 0 Å². The monoisotopic (exact) mass is 287 g/mol. The number of nitrogens with zero attached hydrogens (tertiary/aromatic N) is 2. The summed E-state index contributed by atoms with van der Waals surface area (Å²) in [5.74, 6) is 0. The summed E-state index contributed by atoms with van der Waals surface area (Å²) in [4.78, 5) is 10.7. The van der Waals surface area contributed by atoms with Crippen LogP contribution in [0.15, 0.2) is 18.5 Å². The quantitative estimate of drug-likeness (QED) is 0.930. The summed E-state index contributed by atoms with van der Waals surface area (Å²) in [5.41, 5.74) is 3.84. The number of aromatic nitrogens is 2. The van der Waals surface area contributed by atoms with Crippen LogP contribution in [-0.2, 0) is 12.8 Å². The molecule has 1 atom stereocenters. The molecule has 2 aromatic heterocycles. The third-order valence-electron chi connectivity index (χ3n) is 3.92. The second-order valence-corrected chi connectivity index (χ2v) is 6.30. The molecule has 2 heterocycles. The van der Waals surface area contributed by atoms with Crippen LogP contribution in [0.1, 0.15) is 48.9 Å². The maximum Gasteiger partial charge on any atom is 0.124 e. The molecule has 3 rings (SSSR count). The van der Waals surface area contributed by atoms with Crippen molar-refractivity contribution in [2.24, 2.45) is 0 Å². The molecule has 20 heavy (non-hydrogen) atoms. The summed E-state index contributed by atoms with van der Waals surface area (Å²) in [6, 6.07) is 2.55. The molecule has 0 spiro atoms. The molecular formula is C16H21N3S. The minimum atomic E-state index is 0.445. The van der Waals surface area contributed by atoms with Gasteiger partial charge in [0.05, 0.1) is 11.7 Å². The van der Waals surface area contributed by atoms with E-state index in [1.807, 2.05) is 23.7 Å². The number of aryl methyl sites for hydroxylation is 2. The van der Waals surface area contributed by atoms with E-state index in [1.54, 1.807) is 0 Å². The van der Waals surface area contributed by atoms with Gasteiger partial charge in [0, 0.05) is 22.8 Å². The summed E-state index contributed by atoms with van der Waals surface area (Å²) in [6.07, 6.45) is 8.50. The Morgan fingerprint density at radius 3 is 3.10 bits per heavy atom. The maximum absolute atomic E-state index is 4.96. The number of fused-ring (bicyclic) bond motifs is 1. The van der Waals surface area contributed by atoms with Crippen molar-refractivity contribution >= 4 is 11.3 Å². The van der Waals surface area contributed by atoms with E-state index in [2.05, 4.69) is 30.2 Å². The number of rotatable bonds is 4. The molecule has 0 radical (unpaired) electrons. The predicted molar refractivity (Wildman–Crippen MR) is 84.1 cm³/mol. The summed E-state index contributed by atoms with van der Waals surface area (Å²) in [7, 11) is 0. The van der Waals surface area contributed by atoms with Crippen LogP contribution in [0.4, 0.5) is 0 Å². The number of thiazole rings is 1. The first-order valence-corrected chi connectivity index (χ1v) is 8.31. The molecule has 106 valence electrons. The summed E-state index contributed by atoms with van der Waals surface area (Å²) in [6.45, 7) is 5.35. The lowest BCUT2D eigenvalue weighted by Crippen LogP contribution is -2.24. The lowest BCUT2D eigenvalue weighted by atomic mass is 9.97. The molecule has 2 aromatic rings. The Bertz CT molecular complexity index is 591. The molecule has 4 heteroatoms. The zero-order valence-corrected chi connectivity index (χ0v) is 13.0. The highest BCUT2D eigenvalue weighted by molar-refractivity contribution is 7.15. The fourth-order valence-corrected chi connectivity index (χ4v) is 4.12. The summed E-state index contributed by atoms with van der Waals surface area (Å²) < 4.78 is 0. The van der Waals surface area contributed by atoms with E-state index in [9.17, 15) is 0 Å². The normalized spacial score (nSPS) is 18.0. The Kier molecular flexibility index (Phi) is 4.13. The van der Waals surface area contributed by atoms with Gasteiger partial charge in [-0.15, -0.1) is 11.3 Å². The van der Waals surface area contributed by atoms with Crippen LogP contribution in [-0.4, -0.2) is 16.5 Å². The SMILES string of the molecule is CCNC1CCCc2sc(-c3ccncc3CC)nc21. The number of pyridine rings is 1. The Hall–Kier alpha value is -1.26. The van der Waals surface area contributed by atoms with E-state index < -0.39 is 0 Å². The zero-order valence-electron chi connectivity index (χ0n) is 12.1. The summed E-state index contributed by atoms with van der Waals surface area (Å²) in [5, 5.41) is 4.73. The minimum absolute atomic E-state index is 0.445. The van der Waals surface area contributed by atoms with Gasteiger partial charge in [-0.3, -0.25) is 4.98 Å². The van der Waals surface area contributed by atoms with E-state index in [0.29, 0.717) is 6.04 Å². The third kappa shape index (κ3) is 2.50. The molecule has 0 fully saturated rings. The molecule has 1 aliphatic rings. The lowest BCUT2D eigenvalue weighted by Gasteiger charge is -2.21. The van der Waals surface area contributed by atoms with Gasteiger partial charge in [0.25, 0.3) is 0 Å². The van der Waals surface area contributed by atoms with Gasteiger partial charge in [0.2, 0.25) is 0 Å². The van der Waals surface area contributed by atoms with E-state index in [1.165, 1.54) is 46.0 Å². The number of nitrogens with one attached hydrogen (secondary N) is 1. The zero-order chi connectivity index (χ0) is 13.9. The molecule has 0 saturated carbocycles. The van der Waals surface area contributed by atoms with Crippen molar-refractivity contribution in [2.75, 3.05) is 6.54 Å². The Morgan fingerprint density at radius 2 is 2.30 bits per heavy atom. The van der Waals surface area contributed by atoms with Crippen molar-refractivity contribution in [3.05, 3.63) is 34.6 Å². The Morgan fingerprint density at radius 1 is 1.40 bits per heavy atom. The largest absolute Gasteiger partial charge is 0.309 e. The van der Waals surface area contributed by atoms with Gasteiger partial charge in [0.1, 0.15) is 5.01 Å². The molecule has 1 aliphatic carbocycles. The van der Waals surface area contributed by atoms with Crippen LogP contribution >= 0.6 is 11.3 Å². The fourth-order valence-electron chi connectivity index (χ4n) is 2.90. The first kappa shape index (κ1) is 13.7. The minimum Gasteiger partial charge on any atom is -0.309 e. The van der Waals surface area contributed by atoms with Crippen molar-refractivity contribution < 1.29 is 0 Å². The van der Waals surface area contributed by atoms with Gasteiger partial charge in [-0.1, -0.05) is 13.8 Å². The van der Waals surface area contributed by atoms with E-state index in [4.69, 9.17) is 4.98 Å². The Labute approximate surface area is 124 Å². The average Bonchev–Trinajstić information content (AvgIpc) is 2.92. The van der Waals surface area contributed by atoms with Gasteiger partial charge < -0.3 is 5.32 Å². The van der Waals surface area contributed by atoms with Crippen LogP contribution in [0.25, 0.3) is 10.6 Å². The molecule has 1 N–H and O–H groups in total. The second-order valence-electron chi connectivity index (χ2n) is 5.22. The van der Waals surface area contributed by atoms with Crippen molar-refractivity contribution in [2.45, 2.75) is 45.6 Å². The summed E-state index contributed by atoms with van der Waals surface area (Å²) >= 11 is 1.87. The molecule has 1 unspecified atom stereocenters. The molecule has 0 saturated heterocycles. The maximum atomic E-state index is 4.96. The van der Waals surface area contributed by atoms with Crippen molar-refractivity contribution in [1.82, 2.24) is 15.3 Å². The molecule has 0 aliphatic heterocycles. The van der Waals surface area contributed by atoms with E-state index in [-0.39, 0.29) is 0 Å². The van der Waals surface area contributed by atoms with Crippen molar-refractivity contribution in [3.8, 4) is 10.6 Å². The first-order valence-electron chi connectivity index (χ1n) is 7.49. The van der Waals surface area contributed by atoms with Crippen LogP contribution < -0.4 is 5.32 Å². The van der Waals surface area contributed by atoms with Crippen LogP contribution in [0.2, 0.25) is 0 Å². The smallest absolute Gasteiger partial charge is 0.124 e. The highest BCUT2D eigenvalue weighted by atomic mass is 32.1. The Balaban J connectivity index is 2.00. The van der Waals surface area contributed by atoms with E-state index >= 15 is 0 Å². The van der Waals surface area contributed by atoms with E-state index in [0.717, 1.165) is 13.0 Å². The molecule has 0 amide bonds. The fraction of sp³-hybridized carbons (Fsp3) is 0.500. The number of hydrogen-bond acceptors (Lipinski definition) is 4. The van der Waals surface area contributed by atoms with Crippen molar-refractivity contribution in [3.63, 3.8) is 0 Å². The standard InChI is InChI=1S/C16H21N3S/c1-3-11-10-17-9-8-12(11)16-19-15-13(18-4-2)6-5-7-14(15)20-16/h8-10,13,18H,3-7H2,1-2H3. The average molecular weight is 287 g/mol. The molecular weight excluding hydrogens is 266 g/mol. The lowest BCUT2D eigenvalue weighted by molar-refractivity contribution is 0.465. The van der Waals surface area contributed by atoms with Crippen LogP contribution in [0.5, 0.6) is 0 Å².